The van der Waals surface area contributed by atoms with Gasteiger partial charge in [-0.3, -0.25) is 4.79 Å². The van der Waals surface area contributed by atoms with E-state index in [9.17, 15) is 9.90 Å². The summed E-state index contributed by atoms with van der Waals surface area (Å²) in [4.78, 5) is 12.2. The van der Waals surface area contributed by atoms with Gasteiger partial charge in [0.05, 0.1) is 30.3 Å². The van der Waals surface area contributed by atoms with Crippen molar-refractivity contribution in [3.8, 4) is 5.75 Å². The molecule has 110 valence electrons. The van der Waals surface area contributed by atoms with Gasteiger partial charge in [0.1, 0.15) is 5.75 Å². The van der Waals surface area contributed by atoms with Gasteiger partial charge in [0, 0.05) is 0 Å². The van der Waals surface area contributed by atoms with Gasteiger partial charge >= 0.3 is 5.97 Å². The van der Waals surface area contributed by atoms with Gasteiger partial charge in [0.15, 0.2) is 0 Å². The van der Waals surface area contributed by atoms with Crippen LogP contribution in [0.15, 0.2) is 18.2 Å². The van der Waals surface area contributed by atoms with E-state index in [-0.39, 0.29) is 5.97 Å². The van der Waals surface area contributed by atoms with Crippen molar-refractivity contribution in [3.05, 3.63) is 28.8 Å². The molecule has 0 spiro atoms. The van der Waals surface area contributed by atoms with E-state index < -0.39 is 11.0 Å². The van der Waals surface area contributed by atoms with Crippen LogP contribution in [0, 0.1) is 0 Å². The molecule has 0 aliphatic heterocycles. The Labute approximate surface area is 123 Å². The second kappa shape index (κ2) is 5.26. The van der Waals surface area contributed by atoms with Crippen molar-refractivity contribution in [2.45, 2.75) is 37.2 Å². The number of methoxy groups -OCH3 is 2. The van der Waals surface area contributed by atoms with E-state index in [0.717, 1.165) is 5.56 Å². The Balaban J connectivity index is 2.39. The first-order valence-corrected chi connectivity index (χ1v) is 6.93. The van der Waals surface area contributed by atoms with Crippen LogP contribution in [-0.4, -0.2) is 30.9 Å². The van der Waals surface area contributed by atoms with Crippen LogP contribution >= 0.6 is 11.6 Å². The smallest absolute Gasteiger partial charge is 0.316 e. The van der Waals surface area contributed by atoms with Gasteiger partial charge in [-0.05, 0) is 37.0 Å². The number of ether oxygens (including phenoxy) is 2. The van der Waals surface area contributed by atoms with Gasteiger partial charge in [-0.2, -0.15) is 0 Å². The van der Waals surface area contributed by atoms with E-state index in [1.807, 2.05) is 6.92 Å². The lowest BCUT2D eigenvalue weighted by molar-refractivity contribution is -0.168. The predicted octanol–water partition coefficient (Wildman–Crippen LogP) is 2.69. The van der Waals surface area contributed by atoms with Crippen LogP contribution in [0.5, 0.6) is 5.75 Å². The van der Waals surface area contributed by atoms with Crippen LogP contribution in [0.3, 0.4) is 0 Å². The lowest BCUT2D eigenvalue weighted by atomic mass is 9.55. The largest absolute Gasteiger partial charge is 0.495 e. The first-order valence-electron chi connectivity index (χ1n) is 6.55. The third-order valence-electron chi connectivity index (χ3n) is 4.20. The van der Waals surface area contributed by atoms with E-state index in [1.54, 1.807) is 18.2 Å². The third-order valence-corrected chi connectivity index (χ3v) is 4.50. The number of esters is 1. The highest BCUT2D eigenvalue weighted by molar-refractivity contribution is 6.32. The summed E-state index contributed by atoms with van der Waals surface area (Å²) >= 11 is 6.13. The highest BCUT2D eigenvalue weighted by atomic mass is 35.5. The Hall–Kier alpha value is -1.26. The summed E-state index contributed by atoms with van der Waals surface area (Å²) in [5, 5.41) is 10.7. The Kier molecular flexibility index (Phi) is 3.98. The number of carbonyl (C=O) groups is 1. The van der Waals surface area contributed by atoms with Crippen molar-refractivity contribution in [1.29, 1.82) is 0 Å². The first kappa shape index (κ1) is 15.1. The van der Waals surface area contributed by atoms with Crippen LogP contribution in [0.25, 0.3) is 0 Å². The summed E-state index contributed by atoms with van der Waals surface area (Å²) in [6, 6.07) is 5.25. The van der Waals surface area contributed by atoms with Crippen molar-refractivity contribution < 1.29 is 19.4 Å². The Morgan fingerprint density at radius 1 is 1.40 bits per heavy atom. The summed E-state index contributed by atoms with van der Waals surface area (Å²) in [5.41, 5.74) is -0.857. The number of hydrogen-bond acceptors (Lipinski definition) is 4. The van der Waals surface area contributed by atoms with E-state index in [2.05, 4.69) is 0 Å². The summed E-state index contributed by atoms with van der Waals surface area (Å²) in [7, 11) is 2.90. The summed E-state index contributed by atoms with van der Waals surface area (Å²) in [5.74, 6) is 0.220. The number of aliphatic hydroxyl groups is 1. The van der Waals surface area contributed by atoms with Crippen LogP contribution in [0.1, 0.15) is 31.7 Å². The number of rotatable bonds is 4. The second-order valence-corrected chi connectivity index (χ2v) is 5.76. The van der Waals surface area contributed by atoms with Crippen molar-refractivity contribution in [1.82, 2.24) is 0 Å². The number of hydrogen-bond donors (Lipinski definition) is 1. The Morgan fingerprint density at radius 3 is 2.50 bits per heavy atom. The molecule has 1 saturated carbocycles. The van der Waals surface area contributed by atoms with Crippen LogP contribution in [-0.2, 0) is 14.9 Å². The molecule has 0 amide bonds. The fourth-order valence-electron chi connectivity index (χ4n) is 2.95. The Bertz CT molecular complexity index is 521. The molecular formula is C15H19ClO4. The molecule has 0 bridgehead atoms. The molecular weight excluding hydrogens is 280 g/mol. The van der Waals surface area contributed by atoms with E-state index in [0.29, 0.717) is 30.0 Å². The summed E-state index contributed by atoms with van der Waals surface area (Å²) < 4.78 is 10.0. The standard InChI is InChI=1S/C15H19ClO4/c1-4-14(18)8-15(9-14,13(17)20-3)10-5-6-12(19-2)11(16)7-10/h5-7,18H,4,8-9H2,1-3H3. The monoisotopic (exact) mass is 298 g/mol. The average molecular weight is 299 g/mol. The number of halogens is 1. The fourth-order valence-corrected chi connectivity index (χ4v) is 3.21. The van der Waals surface area contributed by atoms with Gasteiger partial charge in [0.25, 0.3) is 0 Å². The number of benzene rings is 1. The summed E-state index contributed by atoms with van der Waals surface area (Å²) in [6.45, 7) is 1.90. The molecule has 1 aliphatic rings. The minimum absolute atomic E-state index is 0.336. The highest BCUT2D eigenvalue weighted by Gasteiger charge is 2.59. The Morgan fingerprint density at radius 2 is 2.05 bits per heavy atom. The topological polar surface area (TPSA) is 55.8 Å². The predicted molar refractivity (Wildman–Crippen MR) is 76.2 cm³/mol. The zero-order valence-corrected chi connectivity index (χ0v) is 12.7. The van der Waals surface area contributed by atoms with Gasteiger partial charge < -0.3 is 14.6 Å². The molecule has 4 nitrogen and oxygen atoms in total. The molecule has 0 atom stereocenters. The molecule has 5 heteroatoms. The molecule has 0 unspecified atom stereocenters. The molecule has 2 rings (SSSR count). The zero-order valence-electron chi connectivity index (χ0n) is 11.9. The van der Waals surface area contributed by atoms with E-state index >= 15 is 0 Å². The van der Waals surface area contributed by atoms with E-state index in [4.69, 9.17) is 21.1 Å². The molecule has 1 aromatic carbocycles. The quantitative estimate of drug-likeness (QED) is 0.868. The van der Waals surface area contributed by atoms with Crippen molar-refractivity contribution in [3.63, 3.8) is 0 Å². The molecule has 1 aliphatic carbocycles. The average Bonchev–Trinajstić information content (AvgIpc) is 2.42. The zero-order chi connectivity index (χ0) is 15.0. The highest BCUT2D eigenvalue weighted by Crippen LogP contribution is 2.53. The molecule has 0 aromatic heterocycles. The van der Waals surface area contributed by atoms with Gasteiger partial charge in [0.2, 0.25) is 0 Å². The van der Waals surface area contributed by atoms with Crippen LogP contribution < -0.4 is 4.74 Å². The van der Waals surface area contributed by atoms with Gasteiger partial charge in [-0.1, -0.05) is 24.6 Å². The maximum absolute atomic E-state index is 12.2. The second-order valence-electron chi connectivity index (χ2n) is 5.35. The van der Waals surface area contributed by atoms with Gasteiger partial charge in [-0.15, -0.1) is 0 Å². The normalized spacial score (nSPS) is 28.6. The molecule has 1 N–H and O–H groups in total. The van der Waals surface area contributed by atoms with Crippen molar-refractivity contribution in [2.75, 3.05) is 14.2 Å². The van der Waals surface area contributed by atoms with Crippen LogP contribution in [0.4, 0.5) is 0 Å². The minimum atomic E-state index is -0.810. The maximum Gasteiger partial charge on any atom is 0.316 e. The lowest BCUT2D eigenvalue weighted by Gasteiger charge is -2.51. The summed E-state index contributed by atoms with van der Waals surface area (Å²) in [6.07, 6.45) is 1.31. The minimum Gasteiger partial charge on any atom is -0.495 e. The molecule has 0 radical (unpaired) electrons. The lowest BCUT2D eigenvalue weighted by Crippen LogP contribution is -2.58. The van der Waals surface area contributed by atoms with E-state index in [1.165, 1.54) is 14.2 Å². The van der Waals surface area contributed by atoms with Crippen molar-refractivity contribution in [2.24, 2.45) is 0 Å². The molecule has 0 saturated heterocycles. The molecule has 0 heterocycles. The third kappa shape index (κ3) is 2.27. The maximum atomic E-state index is 12.2. The van der Waals surface area contributed by atoms with Crippen molar-refractivity contribution >= 4 is 17.6 Å². The number of carbonyl (C=O) groups excluding carboxylic acids is 1. The molecule has 20 heavy (non-hydrogen) atoms. The SMILES string of the molecule is CCC1(O)CC(C(=O)OC)(c2ccc(OC)c(Cl)c2)C1. The fraction of sp³-hybridized carbons (Fsp3) is 0.533. The van der Waals surface area contributed by atoms with Crippen LogP contribution in [0.2, 0.25) is 5.02 Å². The van der Waals surface area contributed by atoms with Gasteiger partial charge in [-0.25, -0.2) is 0 Å². The first-order chi connectivity index (χ1) is 9.40. The molecule has 1 aromatic rings. The molecule has 1 fully saturated rings.